The first kappa shape index (κ1) is 14.0. The molecule has 1 saturated carbocycles. The van der Waals surface area contributed by atoms with Crippen molar-refractivity contribution in [2.45, 2.75) is 49.1 Å². The molecule has 0 bridgehead atoms. The monoisotopic (exact) mass is 295 g/mol. The van der Waals surface area contributed by atoms with E-state index in [4.69, 9.17) is 0 Å². The Morgan fingerprint density at radius 1 is 1.05 bits per heavy atom. The number of hydrogen-bond acceptors (Lipinski definition) is 3. The molecule has 3 unspecified atom stereocenters. The maximum Gasteiger partial charge on any atom is 0.243 e. The van der Waals surface area contributed by atoms with Gasteiger partial charge in [-0.2, -0.15) is 4.31 Å². The van der Waals surface area contributed by atoms with Crippen LogP contribution in [0.1, 0.15) is 32.1 Å². The predicted molar refractivity (Wildman–Crippen MR) is 76.7 cm³/mol. The van der Waals surface area contributed by atoms with Gasteiger partial charge in [-0.3, -0.25) is 0 Å². The van der Waals surface area contributed by atoms with E-state index in [1.54, 1.807) is 28.6 Å². The van der Waals surface area contributed by atoms with Gasteiger partial charge in [-0.15, -0.1) is 0 Å². The molecule has 3 atom stereocenters. The summed E-state index contributed by atoms with van der Waals surface area (Å²) in [5, 5.41) is 10.1. The third-order valence-corrected chi connectivity index (χ3v) is 6.56. The van der Waals surface area contributed by atoms with Crippen LogP contribution in [0.15, 0.2) is 35.2 Å². The van der Waals surface area contributed by atoms with E-state index in [0.717, 1.165) is 32.1 Å². The van der Waals surface area contributed by atoms with Gasteiger partial charge in [0.05, 0.1) is 11.0 Å². The highest BCUT2D eigenvalue weighted by Gasteiger charge is 2.43. The Balaban J connectivity index is 1.89. The normalized spacial score (nSPS) is 31.8. The van der Waals surface area contributed by atoms with Gasteiger partial charge >= 0.3 is 0 Å². The number of sulfonamides is 1. The molecule has 0 aromatic heterocycles. The van der Waals surface area contributed by atoms with E-state index in [1.165, 1.54) is 0 Å². The maximum atomic E-state index is 12.8. The minimum Gasteiger partial charge on any atom is -0.393 e. The summed E-state index contributed by atoms with van der Waals surface area (Å²) in [5.74, 6) is 0.107. The van der Waals surface area contributed by atoms with Crippen LogP contribution in [0.4, 0.5) is 0 Å². The first-order valence-electron chi connectivity index (χ1n) is 7.35. The van der Waals surface area contributed by atoms with Crippen molar-refractivity contribution in [3.63, 3.8) is 0 Å². The van der Waals surface area contributed by atoms with Crippen LogP contribution in [0.5, 0.6) is 0 Å². The summed E-state index contributed by atoms with van der Waals surface area (Å²) >= 11 is 0. The first-order valence-corrected chi connectivity index (χ1v) is 8.79. The maximum absolute atomic E-state index is 12.8. The molecular weight excluding hydrogens is 274 g/mol. The molecule has 1 N–H and O–H groups in total. The van der Waals surface area contributed by atoms with E-state index >= 15 is 0 Å². The second-order valence-electron chi connectivity index (χ2n) is 5.80. The van der Waals surface area contributed by atoms with E-state index in [9.17, 15) is 13.5 Å². The lowest BCUT2D eigenvalue weighted by atomic mass is 9.95. The molecule has 2 fully saturated rings. The molecule has 1 aromatic carbocycles. The van der Waals surface area contributed by atoms with E-state index in [2.05, 4.69) is 0 Å². The van der Waals surface area contributed by atoms with Crippen LogP contribution < -0.4 is 0 Å². The van der Waals surface area contributed by atoms with Crippen molar-refractivity contribution in [1.29, 1.82) is 0 Å². The minimum absolute atomic E-state index is 0.0299. The fourth-order valence-electron chi connectivity index (χ4n) is 3.64. The SMILES string of the molecule is O=S(=O)(c1ccccc1)N1CCCC1C1CCCC1O. The molecular formula is C15H21NO3S. The molecule has 1 saturated heterocycles. The Bertz CT molecular complexity index is 558. The molecule has 4 nitrogen and oxygen atoms in total. The Morgan fingerprint density at radius 2 is 1.80 bits per heavy atom. The zero-order chi connectivity index (χ0) is 14.2. The van der Waals surface area contributed by atoms with Crippen molar-refractivity contribution >= 4 is 10.0 Å². The highest BCUT2D eigenvalue weighted by atomic mass is 32.2. The predicted octanol–water partition coefficient (Wildman–Crippen LogP) is 2.00. The van der Waals surface area contributed by atoms with Gasteiger partial charge in [-0.05, 0) is 37.8 Å². The second-order valence-corrected chi connectivity index (χ2v) is 7.69. The molecule has 110 valence electrons. The number of hydrogen-bond donors (Lipinski definition) is 1. The van der Waals surface area contributed by atoms with Crippen LogP contribution in [0, 0.1) is 5.92 Å². The summed E-state index contributed by atoms with van der Waals surface area (Å²) in [5.41, 5.74) is 0. The highest BCUT2D eigenvalue weighted by Crippen LogP contribution is 2.38. The summed E-state index contributed by atoms with van der Waals surface area (Å²) in [6.45, 7) is 0.575. The van der Waals surface area contributed by atoms with Gasteiger partial charge in [-0.25, -0.2) is 8.42 Å². The molecule has 1 aliphatic carbocycles. The lowest BCUT2D eigenvalue weighted by molar-refractivity contribution is 0.0975. The van der Waals surface area contributed by atoms with E-state index < -0.39 is 10.0 Å². The van der Waals surface area contributed by atoms with Crippen molar-refractivity contribution in [2.75, 3.05) is 6.54 Å². The fourth-order valence-corrected chi connectivity index (χ4v) is 5.40. The Labute approximate surface area is 120 Å². The summed E-state index contributed by atoms with van der Waals surface area (Å²) < 4.78 is 27.1. The summed E-state index contributed by atoms with van der Waals surface area (Å²) in [6.07, 6.45) is 4.16. The lowest BCUT2D eigenvalue weighted by Crippen LogP contribution is -2.42. The smallest absolute Gasteiger partial charge is 0.243 e. The van der Waals surface area contributed by atoms with Crippen LogP contribution in [-0.2, 0) is 10.0 Å². The zero-order valence-corrected chi connectivity index (χ0v) is 12.3. The molecule has 1 heterocycles. The van der Waals surface area contributed by atoms with Gasteiger partial charge < -0.3 is 5.11 Å². The number of benzene rings is 1. The van der Waals surface area contributed by atoms with Crippen LogP contribution >= 0.6 is 0 Å². The average molecular weight is 295 g/mol. The van der Waals surface area contributed by atoms with Gasteiger partial charge in [0.25, 0.3) is 0 Å². The molecule has 0 amide bonds. The largest absolute Gasteiger partial charge is 0.393 e. The number of aliphatic hydroxyl groups excluding tert-OH is 1. The standard InChI is InChI=1S/C15H21NO3S/c17-15-10-4-8-13(15)14-9-5-11-16(14)20(18,19)12-6-2-1-3-7-12/h1-3,6-7,13-15,17H,4-5,8-11H2. The molecule has 1 aromatic rings. The van der Waals surface area contributed by atoms with E-state index in [1.807, 2.05) is 6.07 Å². The third-order valence-electron chi connectivity index (χ3n) is 4.62. The lowest BCUT2D eigenvalue weighted by Gasteiger charge is -2.30. The quantitative estimate of drug-likeness (QED) is 0.928. The third kappa shape index (κ3) is 2.38. The van der Waals surface area contributed by atoms with E-state index in [0.29, 0.717) is 11.4 Å². The highest BCUT2D eigenvalue weighted by molar-refractivity contribution is 7.89. The summed E-state index contributed by atoms with van der Waals surface area (Å²) in [7, 11) is -3.43. The summed E-state index contributed by atoms with van der Waals surface area (Å²) in [4.78, 5) is 0.361. The molecule has 0 spiro atoms. The molecule has 1 aliphatic heterocycles. The number of aliphatic hydroxyl groups is 1. The van der Waals surface area contributed by atoms with Gasteiger partial charge in [0.15, 0.2) is 0 Å². The average Bonchev–Trinajstić information content (AvgIpc) is 3.08. The van der Waals surface area contributed by atoms with Crippen molar-refractivity contribution in [1.82, 2.24) is 4.31 Å². The van der Waals surface area contributed by atoms with Crippen LogP contribution in [-0.4, -0.2) is 36.5 Å². The Hall–Kier alpha value is -0.910. The van der Waals surface area contributed by atoms with E-state index in [-0.39, 0.29) is 18.1 Å². The molecule has 5 heteroatoms. The topological polar surface area (TPSA) is 57.6 Å². The molecule has 20 heavy (non-hydrogen) atoms. The fraction of sp³-hybridized carbons (Fsp3) is 0.600. The second kappa shape index (κ2) is 5.47. The molecule has 2 aliphatic rings. The van der Waals surface area contributed by atoms with Crippen LogP contribution in [0.3, 0.4) is 0 Å². The van der Waals surface area contributed by atoms with Crippen LogP contribution in [0.2, 0.25) is 0 Å². The Kier molecular flexibility index (Phi) is 3.84. The van der Waals surface area contributed by atoms with Gasteiger partial charge in [0, 0.05) is 18.5 Å². The van der Waals surface area contributed by atoms with Gasteiger partial charge in [0.2, 0.25) is 10.0 Å². The van der Waals surface area contributed by atoms with Crippen LogP contribution in [0.25, 0.3) is 0 Å². The summed E-state index contributed by atoms with van der Waals surface area (Å²) in [6, 6.07) is 8.59. The van der Waals surface area contributed by atoms with Crippen molar-refractivity contribution in [2.24, 2.45) is 5.92 Å². The minimum atomic E-state index is -3.43. The molecule has 3 rings (SSSR count). The first-order chi connectivity index (χ1) is 9.60. The molecule has 0 radical (unpaired) electrons. The van der Waals surface area contributed by atoms with Crippen molar-refractivity contribution in [3.8, 4) is 0 Å². The number of nitrogens with zero attached hydrogens (tertiary/aromatic N) is 1. The zero-order valence-electron chi connectivity index (χ0n) is 11.5. The number of rotatable bonds is 3. The van der Waals surface area contributed by atoms with Gasteiger partial charge in [-0.1, -0.05) is 24.6 Å². The van der Waals surface area contributed by atoms with Gasteiger partial charge in [0.1, 0.15) is 0 Å². The van der Waals surface area contributed by atoms with Crippen molar-refractivity contribution in [3.05, 3.63) is 30.3 Å². The van der Waals surface area contributed by atoms with Crippen molar-refractivity contribution < 1.29 is 13.5 Å². The Morgan fingerprint density at radius 3 is 2.45 bits per heavy atom.